The summed E-state index contributed by atoms with van der Waals surface area (Å²) >= 11 is 1.83. The average molecular weight is 357 g/mol. The van der Waals surface area contributed by atoms with Crippen molar-refractivity contribution in [3.8, 4) is 11.1 Å². The molecule has 0 bridgehead atoms. The molecule has 3 nitrogen and oxygen atoms in total. The molecular formula is C22H15NO2S. The van der Waals surface area contributed by atoms with Crippen LogP contribution in [-0.4, -0.2) is 4.92 Å². The Morgan fingerprint density at radius 3 is 2.77 bits per heavy atom. The van der Waals surface area contributed by atoms with Crippen LogP contribution in [0.3, 0.4) is 0 Å². The molecule has 0 saturated carbocycles. The summed E-state index contributed by atoms with van der Waals surface area (Å²) in [5.41, 5.74) is 3.04. The lowest BCUT2D eigenvalue weighted by molar-refractivity contribution is -0.382. The molecule has 0 N–H and O–H groups in total. The second kappa shape index (κ2) is 5.78. The molecule has 26 heavy (non-hydrogen) atoms. The van der Waals surface area contributed by atoms with Crippen molar-refractivity contribution in [2.45, 2.75) is 12.8 Å². The zero-order valence-electron chi connectivity index (χ0n) is 13.9. The summed E-state index contributed by atoms with van der Waals surface area (Å²) in [7, 11) is 0. The van der Waals surface area contributed by atoms with Gasteiger partial charge in [-0.2, -0.15) is 0 Å². The van der Waals surface area contributed by atoms with Crippen molar-refractivity contribution >= 4 is 44.0 Å². The number of hydrogen-bond acceptors (Lipinski definition) is 3. The number of rotatable bonds is 2. The van der Waals surface area contributed by atoms with E-state index in [0.717, 1.165) is 23.8 Å². The Balaban J connectivity index is 1.79. The molecule has 126 valence electrons. The topological polar surface area (TPSA) is 43.1 Å². The molecule has 0 amide bonds. The van der Waals surface area contributed by atoms with E-state index >= 15 is 0 Å². The maximum atomic E-state index is 11.9. The predicted molar refractivity (Wildman–Crippen MR) is 109 cm³/mol. The average Bonchev–Trinajstić information content (AvgIpc) is 3.04. The fourth-order valence-corrected chi connectivity index (χ4v) is 4.99. The maximum absolute atomic E-state index is 11.9. The summed E-state index contributed by atoms with van der Waals surface area (Å²) in [5.74, 6) is 0. The fourth-order valence-electron chi connectivity index (χ4n) is 3.80. The highest BCUT2D eigenvalue weighted by Gasteiger charge is 2.21. The van der Waals surface area contributed by atoms with E-state index in [1.165, 1.54) is 20.5 Å². The van der Waals surface area contributed by atoms with Crippen molar-refractivity contribution in [1.29, 1.82) is 0 Å². The maximum Gasteiger partial charge on any atom is 0.284 e. The molecule has 4 heteroatoms. The molecule has 1 aliphatic rings. The van der Waals surface area contributed by atoms with Gasteiger partial charge in [-0.1, -0.05) is 42.5 Å². The van der Waals surface area contributed by atoms with Gasteiger partial charge in [-0.05, 0) is 53.6 Å². The van der Waals surface area contributed by atoms with E-state index in [0.29, 0.717) is 10.9 Å². The van der Waals surface area contributed by atoms with Crippen LogP contribution in [0, 0.1) is 10.1 Å². The molecule has 1 aliphatic carbocycles. The Kier molecular flexibility index (Phi) is 3.40. The monoisotopic (exact) mass is 357 g/mol. The second-order valence-corrected chi connectivity index (χ2v) is 7.67. The van der Waals surface area contributed by atoms with Crippen molar-refractivity contribution in [1.82, 2.24) is 0 Å². The van der Waals surface area contributed by atoms with Crippen molar-refractivity contribution < 1.29 is 4.92 Å². The molecule has 5 rings (SSSR count). The van der Waals surface area contributed by atoms with E-state index in [9.17, 15) is 10.1 Å². The number of aryl methyl sites for hydroxylation is 1. The van der Waals surface area contributed by atoms with Crippen molar-refractivity contribution in [3.05, 3.63) is 81.2 Å². The molecule has 4 aromatic rings. The van der Waals surface area contributed by atoms with Crippen LogP contribution in [0.1, 0.15) is 16.9 Å². The first-order valence-electron chi connectivity index (χ1n) is 8.61. The molecule has 0 unspecified atom stereocenters. The summed E-state index contributed by atoms with van der Waals surface area (Å²) in [6, 6.07) is 17.5. The highest BCUT2D eigenvalue weighted by molar-refractivity contribution is 7.19. The van der Waals surface area contributed by atoms with Gasteiger partial charge in [0.1, 0.15) is 0 Å². The summed E-state index contributed by atoms with van der Waals surface area (Å²) < 4.78 is 1.24. The standard InChI is InChI=1S/C22H15NO2S/c24-23(25)22-16-6-2-1-5-14(16)9-11-17(22)15-10-12-21-19(13-15)18-7-3-4-8-20(18)26-21/h1-3,5-7,9-13H,4,8H2. The van der Waals surface area contributed by atoms with Crippen LogP contribution in [0.25, 0.3) is 38.1 Å². The number of nitro groups is 1. The molecule has 0 saturated heterocycles. The normalized spacial score (nSPS) is 13.2. The molecule has 0 spiro atoms. The van der Waals surface area contributed by atoms with Gasteiger partial charge in [-0.25, -0.2) is 0 Å². The van der Waals surface area contributed by atoms with E-state index in [4.69, 9.17) is 0 Å². The van der Waals surface area contributed by atoms with E-state index in [1.807, 2.05) is 53.8 Å². The Labute approximate surface area is 154 Å². The molecule has 0 atom stereocenters. The Morgan fingerprint density at radius 1 is 1.00 bits per heavy atom. The van der Waals surface area contributed by atoms with Crippen molar-refractivity contribution in [2.24, 2.45) is 0 Å². The molecule has 1 aromatic heterocycles. The second-order valence-electron chi connectivity index (χ2n) is 6.53. The largest absolute Gasteiger partial charge is 0.284 e. The van der Waals surface area contributed by atoms with E-state index in [1.54, 1.807) is 0 Å². The van der Waals surface area contributed by atoms with E-state index in [-0.39, 0.29) is 10.6 Å². The Bertz CT molecular complexity index is 1220. The first-order valence-corrected chi connectivity index (χ1v) is 9.42. The number of benzene rings is 3. The number of thiophene rings is 1. The van der Waals surface area contributed by atoms with Crippen LogP contribution >= 0.6 is 11.3 Å². The van der Waals surface area contributed by atoms with Gasteiger partial charge in [0.25, 0.3) is 5.69 Å². The van der Waals surface area contributed by atoms with Gasteiger partial charge in [-0.3, -0.25) is 10.1 Å². The van der Waals surface area contributed by atoms with E-state index < -0.39 is 0 Å². The Morgan fingerprint density at radius 2 is 1.88 bits per heavy atom. The summed E-state index contributed by atoms with van der Waals surface area (Å²) in [6.45, 7) is 0. The number of hydrogen-bond donors (Lipinski definition) is 0. The highest BCUT2D eigenvalue weighted by atomic mass is 32.1. The molecule has 3 aromatic carbocycles. The minimum Gasteiger partial charge on any atom is -0.258 e. The molecule has 1 heterocycles. The van der Waals surface area contributed by atoms with Crippen molar-refractivity contribution in [2.75, 3.05) is 0 Å². The zero-order chi connectivity index (χ0) is 17.7. The summed E-state index contributed by atoms with van der Waals surface area (Å²) in [5, 5.41) is 14.6. The van der Waals surface area contributed by atoms with Gasteiger partial charge in [0, 0.05) is 15.0 Å². The van der Waals surface area contributed by atoms with Crippen LogP contribution in [0.5, 0.6) is 0 Å². The van der Waals surface area contributed by atoms with Crippen LogP contribution in [0.2, 0.25) is 0 Å². The van der Waals surface area contributed by atoms with Crippen LogP contribution in [0.4, 0.5) is 5.69 Å². The van der Waals surface area contributed by atoms with Gasteiger partial charge >= 0.3 is 0 Å². The quantitative estimate of drug-likeness (QED) is 0.300. The zero-order valence-corrected chi connectivity index (χ0v) is 14.8. The van der Waals surface area contributed by atoms with Crippen LogP contribution in [0.15, 0.2) is 60.7 Å². The minimum atomic E-state index is -0.259. The SMILES string of the molecule is O=[N+]([O-])c1c(-c2ccc3sc4c(c3c2)C=CCC4)ccc2ccccc12. The predicted octanol–water partition coefficient (Wildman–Crippen LogP) is 6.59. The Hall–Kier alpha value is -2.98. The van der Waals surface area contributed by atoms with Gasteiger partial charge in [0.05, 0.1) is 15.9 Å². The number of fused-ring (bicyclic) bond motifs is 4. The fraction of sp³-hybridized carbons (Fsp3) is 0.0909. The lowest BCUT2D eigenvalue weighted by Gasteiger charge is -2.08. The van der Waals surface area contributed by atoms with E-state index in [2.05, 4.69) is 24.3 Å². The highest BCUT2D eigenvalue weighted by Crippen LogP contribution is 2.41. The third kappa shape index (κ3) is 2.26. The lowest BCUT2D eigenvalue weighted by atomic mass is 9.96. The molecule has 0 fully saturated rings. The minimum absolute atomic E-state index is 0.182. The number of nitro benzene ring substituents is 1. The van der Waals surface area contributed by atoms with Gasteiger partial charge in [-0.15, -0.1) is 11.3 Å². The van der Waals surface area contributed by atoms with Crippen LogP contribution in [-0.2, 0) is 6.42 Å². The first kappa shape index (κ1) is 15.3. The molecular weight excluding hydrogens is 342 g/mol. The number of allylic oxidation sites excluding steroid dienone is 1. The number of nitrogens with zero attached hydrogens (tertiary/aromatic N) is 1. The lowest BCUT2D eigenvalue weighted by Crippen LogP contribution is -1.94. The summed E-state index contributed by atoms with van der Waals surface area (Å²) in [4.78, 5) is 13.0. The third-order valence-corrected chi connectivity index (χ3v) is 6.27. The van der Waals surface area contributed by atoms with Gasteiger partial charge in [0.15, 0.2) is 0 Å². The third-order valence-electron chi connectivity index (χ3n) is 5.02. The van der Waals surface area contributed by atoms with Gasteiger partial charge in [0.2, 0.25) is 0 Å². The van der Waals surface area contributed by atoms with Crippen molar-refractivity contribution in [3.63, 3.8) is 0 Å². The summed E-state index contributed by atoms with van der Waals surface area (Å²) in [6.07, 6.45) is 6.56. The van der Waals surface area contributed by atoms with Crippen LogP contribution < -0.4 is 0 Å². The molecule has 0 aliphatic heterocycles. The first-order chi connectivity index (χ1) is 12.7. The molecule has 0 radical (unpaired) electrons. The smallest absolute Gasteiger partial charge is 0.258 e. The van der Waals surface area contributed by atoms with Gasteiger partial charge < -0.3 is 0 Å².